The Balaban J connectivity index is 1.83. The van der Waals surface area contributed by atoms with Crippen LogP contribution in [0.4, 0.5) is 13.2 Å². The lowest BCUT2D eigenvalue weighted by atomic mass is 10.2. The van der Waals surface area contributed by atoms with Crippen molar-refractivity contribution in [3.05, 3.63) is 29.8 Å². The highest BCUT2D eigenvalue weighted by molar-refractivity contribution is 5.81. The summed E-state index contributed by atoms with van der Waals surface area (Å²) in [4.78, 5) is 11.6. The molecule has 6 heteroatoms. The molecule has 1 aliphatic carbocycles. The number of rotatable bonds is 4. The quantitative estimate of drug-likeness (QED) is 0.916. The molecule has 0 saturated heterocycles. The van der Waals surface area contributed by atoms with Crippen LogP contribution < -0.4 is 10.1 Å². The third kappa shape index (κ3) is 4.15. The van der Waals surface area contributed by atoms with Crippen LogP contribution >= 0.6 is 0 Å². The van der Waals surface area contributed by atoms with Crippen molar-refractivity contribution >= 4 is 5.91 Å². The molecule has 1 amide bonds. The Labute approximate surface area is 108 Å². The maximum Gasteiger partial charge on any atom is 0.573 e. The summed E-state index contributed by atoms with van der Waals surface area (Å²) in [7, 11) is 0. The van der Waals surface area contributed by atoms with Crippen LogP contribution in [0.15, 0.2) is 24.3 Å². The van der Waals surface area contributed by atoms with Gasteiger partial charge in [-0.15, -0.1) is 13.2 Å². The summed E-state index contributed by atoms with van der Waals surface area (Å²) >= 11 is 0. The number of carbonyl (C=O) groups excluding carboxylic acids is 1. The predicted molar refractivity (Wildman–Crippen MR) is 62.2 cm³/mol. The molecule has 1 aromatic rings. The Morgan fingerprint density at radius 1 is 1.37 bits per heavy atom. The summed E-state index contributed by atoms with van der Waals surface area (Å²) in [6, 6.07) is 5.46. The molecule has 2 rings (SSSR count). The molecule has 19 heavy (non-hydrogen) atoms. The molecule has 1 saturated carbocycles. The van der Waals surface area contributed by atoms with E-state index in [1.54, 1.807) is 0 Å². The normalized spacial score (nSPS) is 21.9. The summed E-state index contributed by atoms with van der Waals surface area (Å²) in [6.45, 7) is 2.32. The lowest BCUT2D eigenvalue weighted by Crippen LogP contribution is -2.24. The Morgan fingerprint density at radius 3 is 2.42 bits per heavy atom. The van der Waals surface area contributed by atoms with Gasteiger partial charge in [0.25, 0.3) is 0 Å². The van der Waals surface area contributed by atoms with Crippen molar-refractivity contribution < 1.29 is 22.7 Å². The SMILES string of the molecule is C[C@H]1C[C@H]1C(=O)NCc1ccc(OC(F)(F)F)cc1. The van der Waals surface area contributed by atoms with E-state index in [4.69, 9.17) is 0 Å². The maximum absolute atomic E-state index is 11.9. The Bertz CT molecular complexity index is 456. The van der Waals surface area contributed by atoms with E-state index in [0.29, 0.717) is 12.5 Å². The molecule has 0 spiro atoms. The lowest BCUT2D eigenvalue weighted by molar-refractivity contribution is -0.274. The second-order valence-electron chi connectivity index (χ2n) is 4.73. The van der Waals surface area contributed by atoms with E-state index in [-0.39, 0.29) is 17.6 Å². The number of alkyl halides is 3. The van der Waals surface area contributed by atoms with Gasteiger partial charge in [-0.3, -0.25) is 4.79 Å². The summed E-state index contributed by atoms with van der Waals surface area (Å²) in [5.41, 5.74) is 0.733. The first kappa shape index (κ1) is 13.7. The van der Waals surface area contributed by atoms with Crippen LogP contribution in [0.2, 0.25) is 0 Å². The molecule has 0 bridgehead atoms. The van der Waals surface area contributed by atoms with E-state index >= 15 is 0 Å². The van der Waals surface area contributed by atoms with E-state index in [1.165, 1.54) is 24.3 Å². The summed E-state index contributed by atoms with van der Waals surface area (Å²) < 4.78 is 39.6. The van der Waals surface area contributed by atoms with E-state index in [0.717, 1.165) is 12.0 Å². The first-order valence-electron chi connectivity index (χ1n) is 5.97. The van der Waals surface area contributed by atoms with Gasteiger partial charge in [-0.2, -0.15) is 0 Å². The van der Waals surface area contributed by atoms with Crippen LogP contribution in [0.25, 0.3) is 0 Å². The minimum absolute atomic E-state index is 0.00289. The zero-order valence-corrected chi connectivity index (χ0v) is 10.3. The molecule has 104 valence electrons. The minimum atomic E-state index is -4.68. The van der Waals surface area contributed by atoms with Gasteiger partial charge in [0.1, 0.15) is 5.75 Å². The lowest BCUT2D eigenvalue weighted by Gasteiger charge is -2.09. The topological polar surface area (TPSA) is 38.3 Å². The number of hydrogen-bond donors (Lipinski definition) is 1. The van der Waals surface area contributed by atoms with E-state index < -0.39 is 6.36 Å². The Hall–Kier alpha value is -1.72. The van der Waals surface area contributed by atoms with Crippen molar-refractivity contribution in [2.75, 3.05) is 0 Å². The molecule has 2 atom stereocenters. The summed E-state index contributed by atoms with van der Waals surface area (Å²) in [5.74, 6) is 0.261. The molecule has 0 radical (unpaired) electrons. The largest absolute Gasteiger partial charge is 0.573 e. The number of ether oxygens (including phenoxy) is 1. The van der Waals surface area contributed by atoms with Crippen molar-refractivity contribution in [3.63, 3.8) is 0 Å². The van der Waals surface area contributed by atoms with E-state index in [9.17, 15) is 18.0 Å². The molecule has 1 aromatic carbocycles. The average molecular weight is 273 g/mol. The molecule has 1 N–H and O–H groups in total. The number of hydrogen-bond acceptors (Lipinski definition) is 2. The van der Waals surface area contributed by atoms with Gasteiger partial charge in [0.05, 0.1) is 0 Å². The number of nitrogens with one attached hydrogen (secondary N) is 1. The second kappa shape index (κ2) is 5.11. The second-order valence-corrected chi connectivity index (χ2v) is 4.73. The number of amides is 1. The highest BCUT2D eigenvalue weighted by atomic mass is 19.4. The zero-order valence-electron chi connectivity index (χ0n) is 10.3. The first-order valence-corrected chi connectivity index (χ1v) is 5.97. The third-order valence-electron chi connectivity index (χ3n) is 3.07. The van der Waals surface area contributed by atoms with Gasteiger partial charge in [0.15, 0.2) is 0 Å². The minimum Gasteiger partial charge on any atom is -0.406 e. The molecular formula is C13H14F3NO2. The highest BCUT2D eigenvalue weighted by Crippen LogP contribution is 2.37. The fraction of sp³-hybridized carbons (Fsp3) is 0.462. The number of halogens is 3. The molecule has 0 aromatic heterocycles. The Kier molecular flexibility index (Phi) is 3.68. The fourth-order valence-electron chi connectivity index (χ4n) is 1.82. The van der Waals surface area contributed by atoms with Crippen LogP contribution in [0.3, 0.4) is 0 Å². The zero-order chi connectivity index (χ0) is 14.0. The fourth-order valence-corrected chi connectivity index (χ4v) is 1.82. The van der Waals surface area contributed by atoms with Gasteiger partial charge < -0.3 is 10.1 Å². The standard InChI is InChI=1S/C13H14F3NO2/c1-8-6-11(8)12(18)17-7-9-2-4-10(5-3-9)19-13(14,15)16/h2-5,8,11H,6-7H2,1H3,(H,17,18)/t8-,11+/m0/s1. The average Bonchev–Trinajstić information content (AvgIpc) is 3.03. The van der Waals surface area contributed by atoms with E-state index in [1.807, 2.05) is 6.92 Å². The Morgan fingerprint density at radius 2 is 1.95 bits per heavy atom. The number of carbonyl (C=O) groups is 1. The third-order valence-corrected chi connectivity index (χ3v) is 3.07. The van der Waals surface area contributed by atoms with Crippen LogP contribution in [-0.2, 0) is 11.3 Å². The molecule has 1 fully saturated rings. The van der Waals surface area contributed by atoms with Crippen LogP contribution in [0.1, 0.15) is 18.9 Å². The van der Waals surface area contributed by atoms with Crippen LogP contribution in [0.5, 0.6) is 5.75 Å². The molecule has 0 unspecified atom stereocenters. The van der Waals surface area contributed by atoms with Gasteiger partial charge in [0, 0.05) is 12.5 Å². The molecule has 3 nitrogen and oxygen atoms in total. The summed E-state index contributed by atoms with van der Waals surface area (Å²) in [6.07, 6.45) is -3.78. The smallest absolute Gasteiger partial charge is 0.406 e. The maximum atomic E-state index is 11.9. The van der Waals surface area contributed by atoms with Crippen molar-refractivity contribution in [2.24, 2.45) is 11.8 Å². The van der Waals surface area contributed by atoms with Gasteiger partial charge in [0.2, 0.25) is 5.91 Å². The monoisotopic (exact) mass is 273 g/mol. The molecular weight excluding hydrogens is 259 g/mol. The highest BCUT2D eigenvalue weighted by Gasteiger charge is 2.38. The van der Waals surface area contributed by atoms with Crippen molar-refractivity contribution in [2.45, 2.75) is 26.3 Å². The van der Waals surface area contributed by atoms with Gasteiger partial charge >= 0.3 is 6.36 Å². The molecule has 0 heterocycles. The van der Waals surface area contributed by atoms with Gasteiger partial charge in [-0.25, -0.2) is 0 Å². The van der Waals surface area contributed by atoms with Crippen molar-refractivity contribution in [1.82, 2.24) is 5.32 Å². The first-order chi connectivity index (χ1) is 8.85. The molecule has 0 aliphatic heterocycles. The van der Waals surface area contributed by atoms with Crippen LogP contribution in [-0.4, -0.2) is 12.3 Å². The van der Waals surface area contributed by atoms with Gasteiger partial charge in [-0.1, -0.05) is 19.1 Å². The molecule has 1 aliphatic rings. The predicted octanol–water partition coefficient (Wildman–Crippen LogP) is 2.86. The number of benzene rings is 1. The summed E-state index contributed by atoms with van der Waals surface area (Å²) in [5, 5.41) is 2.76. The van der Waals surface area contributed by atoms with Crippen molar-refractivity contribution in [3.8, 4) is 5.75 Å². The van der Waals surface area contributed by atoms with E-state index in [2.05, 4.69) is 10.1 Å². The van der Waals surface area contributed by atoms with Crippen molar-refractivity contribution in [1.29, 1.82) is 0 Å². The van der Waals surface area contributed by atoms with Gasteiger partial charge in [-0.05, 0) is 30.0 Å². The van der Waals surface area contributed by atoms with Crippen LogP contribution in [0, 0.1) is 11.8 Å².